The molecular formula is C29H38Si. The van der Waals surface area contributed by atoms with Crippen molar-refractivity contribution < 1.29 is 0 Å². The van der Waals surface area contributed by atoms with Crippen LogP contribution in [0.15, 0.2) is 91.0 Å². The van der Waals surface area contributed by atoms with Crippen molar-refractivity contribution in [3.05, 3.63) is 91.0 Å². The van der Waals surface area contributed by atoms with Crippen molar-refractivity contribution in [1.29, 1.82) is 0 Å². The van der Waals surface area contributed by atoms with E-state index in [1.807, 2.05) is 0 Å². The first-order chi connectivity index (χ1) is 14.9. The first-order valence-corrected chi connectivity index (χ1v) is 14.2. The Morgan fingerprint density at radius 3 is 1.13 bits per heavy atom. The SMILES string of the molecule is CCCCCCCCCCC[Si](c1ccccc1)(c1ccccc1)c1ccccc1. The Hall–Kier alpha value is -2.12. The maximum atomic E-state index is 2.37. The molecule has 0 amide bonds. The van der Waals surface area contributed by atoms with E-state index in [1.54, 1.807) is 15.6 Å². The van der Waals surface area contributed by atoms with Crippen LogP contribution in [0, 0.1) is 0 Å². The zero-order valence-corrected chi connectivity index (χ0v) is 19.7. The molecule has 0 N–H and O–H groups in total. The lowest BCUT2D eigenvalue weighted by Crippen LogP contribution is -2.66. The van der Waals surface area contributed by atoms with Gasteiger partial charge in [-0.05, 0) is 21.6 Å². The maximum Gasteiger partial charge on any atom is 0.148 e. The quantitative estimate of drug-likeness (QED) is 0.166. The van der Waals surface area contributed by atoms with Crippen LogP contribution in [0.1, 0.15) is 64.7 Å². The van der Waals surface area contributed by atoms with Crippen molar-refractivity contribution in [3.63, 3.8) is 0 Å². The van der Waals surface area contributed by atoms with Crippen LogP contribution in [0.2, 0.25) is 6.04 Å². The molecule has 0 radical (unpaired) electrons. The molecule has 3 aromatic carbocycles. The van der Waals surface area contributed by atoms with Gasteiger partial charge in [0.15, 0.2) is 0 Å². The van der Waals surface area contributed by atoms with Gasteiger partial charge in [-0.15, -0.1) is 0 Å². The number of hydrogen-bond acceptors (Lipinski definition) is 0. The van der Waals surface area contributed by atoms with Crippen molar-refractivity contribution in [3.8, 4) is 0 Å². The van der Waals surface area contributed by atoms with Gasteiger partial charge in [-0.25, -0.2) is 0 Å². The summed E-state index contributed by atoms with van der Waals surface area (Å²) in [6, 6.07) is 35.3. The first-order valence-electron chi connectivity index (χ1n) is 12.0. The fourth-order valence-corrected chi connectivity index (χ4v) is 9.73. The molecule has 0 spiro atoms. The molecule has 0 heterocycles. The highest BCUT2D eigenvalue weighted by atomic mass is 28.3. The van der Waals surface area contributed by atoms with Gasteiger partial charge < -0.3 is 0 Å². The van der Waals surface area contributed by atoms with Gasteiger partial charge in [0.1, 0.15) is 8.07 Å². The summed E-state index contributed by atoms with van der Waals surface area (Å²) in [5, 5.41) is 4.63. The molecular weight excluding hydrogens is 376 g/mol. The Morgan fingerprint density at radius 2 is 0.767 bits per heavy atom. The largest absolute Gasteiger partial charge is 0.148 e. The van der Waals surface area contributed by atoms with Gasteiger partial charge in [-0.3, -0.25) is 0 Å². The minimum atomic E-state index is -2.01. The molecule has 0 saturated carbocycles. The first kappa shape index (κ1) is 22.6. The van der Waals surface area contributed by atoms with E-state index in [-0.39, 0.29) is 0 Å². The highest BCUT2D eigenvalue weighted by Crippen LogP contribution is 2.18. The molecule has 0 nitrogen and oxygen atoms in total. The molecule has 0 bridgehead atoms. The molecule has 0 atom stereocenters. The molecule has 3 rings (SSSR count). The summed E-state index contributed by atoms with van der Waals surface area (Å²) in [6.07, 6.45) is 12.5. The summed E-state index contributed by atoms with van der Waals surface area (Å²) in [4.78, 5) is 0. The zero-order valence-electron chi connectivity index (χ0n) is 18.7. The maximum absolute atomic E-state index is 2.37. The van der Waals surface area contributed by atoms with E-state index in [9.17, 15) is 0 Å². The van der Waals surface area contributed by atoms with Crippen molar-refractivity contribution >= 4 is 23.6 Å². The molecule has 0 saturated heterocycles. The van der Waals surface area contributed by atoms with E-state index >= 15 is 0 Å². The molecule has 0 unspecified atom stereocenters. The highest BCUT2D eigenvalue weighted by molar-refractivity contribution is 7.11. The summed E-state index contributed by atoms with van der Waals surface area (Å²) >= 11 is 0. The number of unbranched alkanes of at least 4 members (excludes halogenated alkanes) is 8. The van der Waals surface area contributed by atoms with E-state index in [4.69, 9.17) is 0 Å². The van der Waals surface area contributed by atoms with Crippen molar-refractivity contribution in [2.24, 2.45) is 0 Å². The molecule has 30 heavy (non-hydrogen) atoms. The third-order valence-corrected chi connectivity index (χ3v) is 11.5. The molecule has 0 aliphatic carbocycles. The van der Waals surface area contributed by atoms with Crippen LogP contribution in [0.4, 0.5) is 0 Å². The fraction of sp³-hybridized carbons (Fsp3) is 0.379. The van der Waals surface area contributed by atoms with Gasteiger partial charge >= 0.3 is 0 Å². The predicted molar refractivity (Wildman–Crippen MR) is 136 cm³/mol. The smallest absolute Gasteiger partial charge is 0.0654 e. The summed E-state index contributed by atoms with van der Waals surface area (Å²) in [6.45, 7) is 2.29. The van der Waals surface area contributed by atoms with Gasteiger partial charge in [0.2, 0.25) is 0 Å². The van der Waals surface area contributed by atoms with Crippen LogP contribution in [-0.4, -0.2) is 8.07 Å². The molecule has 0 aliphatic heterocycles. The van der Waals surface area contributed by atoms with Gasteiger partial charge in [0, 0.05) is 0 Å². The van der Waals surface area contributed by atoms with Crippen molar-refractivity contribution in [2.45, 2.75) is 70.8 Å². The highest BCUT2D eigenvalue weighted by Gasteiger charge is 2.38. The Bertz CT molecular complexity index is 714. The van der Waals surface area contributed by atoms with Crippen LogP contribution >= 0.6 is 0 Å². The molecule has 0 aromatic heterocycles. The monoisotopic (exact) mass is 414 g/mol. The lowest BCUT2D eigenvalue weighted by molar-refractivity contribution is 0.572. The molecule has 1 heteroatoms. The van der Waals surface area contributed by atoms with Gasteiger partial charge in [0.05, 0.1) is 0 Å². The Morgan fingerprint density at radius 1 is 0.433 bits per heavy atom. The average molecular weight is 415 g/mol. The second-order valence-corrected chi connectivity index (χ2v) is 12.6. The predicted octanol–water partition coefficient (Wildman–Crippen LogP) is 6.69. The summed E-state index contributed by atoms with van der Waals surface area (Å²) < 4.78 is 0. The lowest BCUT2D eigenvalue weighted by atomic mass is 10.1. The van der Waals surface area contributed by atoms with Crippen LogP contribution in [-0.2, 0) is 0 Å². The molecule has 0 aliphatic rings. The standard InChI is InChI=1S/C29H38Si/c1-2-3-4-5-6-7-8-9-19-26-30(27-20-13-10-14-21-27,28-22-15-11-16-23-28)29-24-17-12-18-25-29/h10-18,20-25H,2-9,19,26H2,1H3. The van der Waals surface area contributed by atoms with Crippen molar-refractivity contribution in [2.75, 3.05) is 0 Å². The topological polar surface area (TPSA) is 0 Å². The third-order valence-electron chi connectivity index (χ3n) is 6.46. The minimum Gasteiger partial charge on any atom is -0.0654 e. The number of rotatable bonds is 13. The number of hydrogen-bond donors (Lipinski definition) is 0. The van der Waals surface area contributed by atoms with Gasteiger partial charge in [-0.2, -0.15) is 0 Å². The average Bonchev–Trinajstić information content (AvgIpc) is 2.82. The third kappa shape index (κ3) is 5.95. The Labute approximate surface area is 185 Å². The van der Waals surface area contributed by atoms with Gasteiger partial charge in [0.25, 0.3) is 0 Å². The summed E-state index contributed by atoms with van der Waals surface area (Å²) in [5.41, 5.74) is 0. The van der Waals surface area contributed by atoms with E-state index in [0.29, 0.717) is 0 Å². The summed E-state index contributed by atoms with van der Waals surface area (Å²) in [7, 11) is -2.01. The van der Waals surface area contributed by atoms with E-state index in [2.05, 4.69) is 97.9 Å². The van der Waals surface area contributed by atoms with E-state index in [1.165, 1.54) is 63.8 Å². The Kier molecular flexibility index (Phi) is 9.43. The summed E-state index contributed by atoms with van der Waals surface area (Å²) in [5.74, 6) is 0. The van der Waals surface area contributed by atoms with E-state index in [0.717, 1.165) is 0 Å². The second-order valence-electron chi connectivity index (χ2n) is 8.58. The molecule has 3 aromatic rings. The van der Waals surface area contributed by atoms with Crippen LogP contribution < -0.4 is 15.6 Å². The normalized spacial score (nSPS) is 11.5. The number of benzene rings is 3. The van der Waals surface area contributed by atoms with Crippen LogP contribution in [0.25, 0.3) is 0 Å². The van der Waals surface area contributed by atoms with E-state index < -0.39 is 8.07 Å². The van der Waals surface area contributed by atoms with Gasteiger partial charge in [-0.1, -0.05) is 156 Å². The van der Waals surface area contributed by atoms with Crippen LogP contribution in [0.5, 0.6) is 0 Å². The second kappa shape index (κ2) is 12.5. The Balaban J connectivity index is 1.77. The molecule has 158 valence electrons. The fourth-order valence-electron chi connectivity index (χ4n) is 4.80. The lowest BCUT2D eigenvalue weighted by Gasteiger charge is -2.34. The zero-order chi connectivity index (χ0) is 20.9. The van der Waals surface area contributed by atoms with Crippen molar-refractivity contribution in [1.82, 2.24) is 0 Å². The minimum absolute atomic E-state index is 1.29. The molecule has 0 fully saturated rings. The van der Waals surface area contributed by atoms with Crippen LogP contribution in [0.3, 0.4) is 0 Å².